The van der Waals surface area contributed by atoms with Gasteiger partial charge in [-0.3, -0.25) is 0 Å². The molecule has 22 heavy (non-hydrogen) atoms. The number of aromatic hydroxyl groups is 1. The molecule has 2 aromatic rings. The predicted molar refractivity (Wildman–Crippen MR) is 92.7 cm³/mol. The number of azo groups is 1. The van der Waals surface area contributed by atoms with Gasteiger partial charge in [-0.15, -0.1) is 0 Å². The SMILES string of the molecule is CN=Nc1cc(C(C)(C)C)cc(-c2c(Cl)cccc2Cl)c1O. The highest BCUT2D eigenvalue weighted by Gasteiger charge is 2.21. The molecular weight excluding hydrogens is 319 g/mol. The van der Waals surface area contributed by atoms with E-state index in [1.165, 1.54) is 0 Å². The molecular formula is C17H18Cl2N2O. The maximum absolute atomic E-state index is 10.5. The van der Waals surface area contributed by atoms with E-state index in [-0.39, 0.29) is 11.2 Å². The number of halogens is 2. The second-order valence-electron chi connectivity index (χ2n) is 6.04. The van der Waals surface area contributed by atoms with Gasteiger partial charge in [-0.05, 0) is 35.2 Å². The first-order valence-corrected chi connectivity index (χ1v) is 7.63. The van der Waals surface area contributed by atoms with Crippen LogP contribution in [-0.2, 0) is 5.41 Å². The summed E-state index contributed by atoms with van der Waals surface area (Å²) in [6, 6.07) is 8.99. The van der Waals surface area contributed by atoms with E-state index < -0.39 is 0 Å². The third-order valence-electron chi connectivity index (χ3n) is 3.40. The molecule has 0 radical (unpaired) electrons. The van der Waals surface area contributed by atoms with Crippen molar-refractivity contribution in [1.82, 2.24) is 0 Å². The van der Waals surface area contributed by atoms with Gasteiger partial charge in [0.1, 0.15) is 5.69 Å². The molecule has 0 saturated carbocycles. The molecule has 0 atom stereocenters. The second kappa shape index (κ2) is 6.27. The Balaban J connectivity index is 2.83. The van der Waals surface area contributed by atoms with Crippen LogP contribution in [0.15, 0.2) is 40.6 Å². The normalized spacial score (nSPS) is 12.1. The standard InChI is InChI=1S/C17H18Cl2N2O/c1-17(2,3)10-8-11(16(22)14(9-10)21-20-4)15-12(18)6-5-7-13(15)19/h5-9,22H,1-4H3. The molecule has 0 unspecified atom stereocenters. The molecule has 0 saturated heterocycles. The first-order valence-electron chi connectivity index (χ1n) is 6.87. The van der Waals surface area contributed by atoms with Crippen molar-refractivity contribution in [3.05, 3.63) is 45.9 Å². The van der Waals surface area contributed by atoms with Crippen molar-refractivity contribution in [2.45, 2.75) is 26.2 Å². The van der Waals surface area contributed by atoms with Gasteiger partial charge in [0.2, 0.25) is 0 Å². The van der Waals surface area contributed by atoms with Crippen molar-refractivity contribution < 1.29 is 5.11 Å². The highest BCUT2D eigenvalue weighted by atomic mass is 35.5. The molecule has 0 spiro atoms. The summed E-state index contributed by atoms with van der Waals surface area (Å²) in [6.07, 6.45) is 0. The van der Waals surface area contributed by atoms with Crippen LogP contribution in [0.1, 0.15) is 26.3 Å². The molecule has 0 heterocycles. The molecule has 2 aromatic carbocycles. The minimum atomic E-state index is -0.117. The lowest BCUT2D eigenvalue weighted by atomic mass is 9.84. The number of phenols is 1. The van der Waals surface area contributed by atoms with E-state index in [1.807, 2.05) is 12.1 Å². The van der Waals surface area contributed by atoms with Gasteiger partial charge in [0.05, 0.1) is 10.0 Å². The minimum absolute atomic E-state index is 0.0219. The summed E-state index contributed by atoms with van der Waals surface area (Å²) < 4.78 is 0. The van der Waals surface area contributed by atoms with Crippen LogP contribution in [0.2, 0.25) is 10.0 Å². The van der Waals surface area contributed by atoms with Crippen LogP contribution in [0.25, 0.3) is 11.1 Å². The number of nitrogens with zero attached hydrogens (tertiary/aromatic N) is 2. The highest BCUT2D eigenvalue weighted by molar-refractivity contribution is 6.39. The van der Waals surface area contributed by atoms with Crippen molar-refractivity contribution in [1.29, 1.82) is 0 Å². The maximum atomic E-state index is 10.5. The lowest BCUT2D eigenvalue weighted by Gasteiger charge is -2.22. The Labute approximate surface area is 140 Å². The number of hydrogen-bond acceptors (Lipinski definition) is 3. The smallest absolute Gasteiger partial charge is 0.151 e. The summed E-state index contributed by atoms with van der Waals surface area (Å²) in [6.45, 7) is 6.26. The summed E-state index contributed by atoms with van der Waals surface area (Å²) >= 11 is 12.6. The van der Waals surface area contributed by atoms with Crippen LogP contribution in [0.3, 0.4) is 0 Å². The van der Waals surface area contributed by atoms with E-state index in [0.717, 1.165) is 5.56 Å². The average molecular weight is 337 g/mol. The fourth-order valence-electron chi connectivity index (χ4n) is 2.18. The lowest BCUT2D eigenvalue weighted by Crippen LogP contribution is -2.11. The molecule has 0 aliphatic carbocycles. The zero-order valence-electron chi connectivity index (χ0n) is 13.0. The first kappa shape index (κ1) is 16.8. The first-order chi connectivity index (χ1) is 10.3. The monoisotopic (exact) mass is 336 g/mol. The molecule has 0 aromatic heterocycles. The van der Waals surface area contributed by atoms with Gasteiger partial charge < -0.3 is 5.11 Å². The minimum Gasteiger partial charge on any atom is -0.505 e. The summed E-state index contributed by atoms with van der Waals surface area (Å²) in [5.41, 5.74) is 2.46. The van der Waals surface area contributed by atoms with Crippen LogP contribution in [0.4, 0.5) is 5.69 Å². The Morgan fingerprint density at radius 1 is 1.05 bits per heavy atom. The largest absolute Gasteiger partial charge is 0.505 e. The number of phenolic OH excluding ortho intramolecular Hbond substituents is 1. The Kier molecular flexibility index (Phi) is 4.78. The highest BCUT2D eigenvalue weighted by Crippen LogP contribution is 2.45. The second-order valence-corrected chi connectivity index (χ2v) is 6.85. The quantitative estimate of drug-likeness (QED) is 0.635. The number of hydrogen-bond donors (Lipinski definition) is 1. The van der Waals surface area contributed by atoms with E-state index in [1.54, 1.807) is 25.2 Å². The predicted octanol–water partition coefficient (Wildman–Crippen LogP) is 6.38. The van der Waals surface area contributed by atoms with Gasteiger partial charge in [0.25, 0.3) is 0 Å². The van der Waals surface area contributed by atoms with E-state index in [9.17, 15) is 5.11 Å². The molecule has 0 amide bonds. The van der Waals surface area contributed by atoms with Gasteiger partial charge in [0, 0.05) is 18.2 Å². The Morgan fingerprint density at radius 3 is 2.14 bits per heavy atom. The van der Waals surface area contributed by atoms with Crippen LogP contribution in [-0.4, -0.2) is 12.2 Å². The van der Waals surface area contributed by atoms with E-state index in [2.05, 4.69) is 31.0 Å². The summed E-state index contributed by atoms with van der Waals surface area (Å²) in [7, 11) is 1.56. The summed E-state index contributed by atoms with van der Waals surface area (Å²) in [5, 5.41) is 19.3. The zero-order chi connectivity index (χ0) is 16.5. The summed E-state index contributed by atoms with van der Waals surface area (Å²) in [4.78, 5) is 0. The Morgan fingerprint density at radius 2 is 1.64 bits per heavy atom. The van der Waals surface area contributed by atoms with Crippen LogP contribution in [0, 0.1) is 0 Å². The van der Waals surface area contributed by atoms with Crippen molar-refractivity contribution in [2.24, 2.45) is 10.2 Å². The van der Waals surface area contributed by atoms with Crippen molar-refractivity contribution in [2.75, 3.05) is 7.05 Å². The fraction of sp³-hybridized carbons (Fsp3) is 0.294. The number of benzene rings is 2. The molecule has 0 fully saturated rings. The van der Waals surface area contributed by atoms with Gasteiger partial charge in [-0.25, -0.2) is 0 Å². The molecule has 0 aliphatic rings. The van der Waals surface area contributed by atoms with Gasteiger partial charge in [-0.2, -0.15) is 10.2 Å². The molecule has 5 heteroatoms. The van der Waals surface area contributed by atoms with Crippen LogP contribution in [0.5, 0.6) is 5.75 Å². The molecule has 1 N–H and O–H groups in total. The van der Waals surface area contributed by atoms with E-state index >= 15 is 0 Å². The van der Waals surface area contributed by atoms with Gasteiger partial charge in [-0.1, -0.05) is 50.0 Å². The average Bonchev–Trinajstić information content (AvgIpc) is 2.41. The van der Waals surface area contributed by atoms with Gasteiger partial charge in [0.15, 0.2) is 5.75 Å². The maximum Gasteiger partial charge on any atom is 0.151 e. The topological polar surface area (TPSA) is 45.0 Å². The van der Waals surface area contributed by atoms with Crippen LogP contribution >= 0.6 is 23.2 Å². The summed E-state index contributed by atoms with van der Waals surface area (Å²) in [5.74, 6) is 0.0219. The molecule has 0 bridgehead atoms. The van der Waals surface area contributed by atoms with E-state index in [0.29, 0.717) is 26.9 Å². The zero-order valence-corrected chi connectivity index (χ0v) is 14.5. The Bertz CT molecular complexity index is 714. The van der Waals surface area contributed by atoms with Gasteiger partial charge >= 0.3 is 0 Å². The van der Waals surface area contributed by atoms with E-state index in [4.69, 9.17) is 23.2 Å². The lowest BCUT2D eigenvalue weighted by molar-refractivity contribution is 0.477. The molecule has 116 valence electrons. The van der Waals surface area contributed by atoms with Crippen molar-refractivity contribution in [3.8, 4) is 16.9 Å². The number of rotatable bonds is 2. The molecule has 3 nitrogen and oxygen atoms in total. The third kappa shape index (κ3) is 3.26. The fourth-order valence-corrected chi connectivity index (χ4v) is 2.78. The molecule has 0 aliphatic heterocycles. The van der Waals surface area contributed by atoms with Crippen LogP contribution < -0.4 is 0 Å². The van der Waals surface area contributed by atoms with Crippen molar-refractivity contribution >= 4 is 28.9 Å². The van der Waals surface area contributed by atoms with Crippen molar-refractivity contribution in [3.63, 3.8) is 0 Å². The Hall–Kier alpha value is -1.58. The molecule has 2 rings (SSSR count). The third-order valence-corrected chi connectivity index (χ3v) is 4.03.